The van der Waals surface area contributed by atoms with Crippen molar-refractivity contribution < 1.29 is 9.66 Å². The van der Waals surface area contributed by atoms with Crippen molar-refractivity contribution >= 4 is 22.5 Å². The Balaban J connectivity index is 2.26. The Morgan fingerprint density at radius 1 is 1.26 bits per heavy atom. The minimum Gasteiger partial charge on any atom is -0.472 e. The van der Waals surface area contributed by atoms with E-state index in [0.717, 1.165) is 0 Å². The maximum absolute atomic E-state index is 11.5. The lowest BCUT2D eigenvalue weighted by molar-refractivity contribution is -0.384. The highest BCUT2D eigenvalue weighted by Crippen LogP contribution is 2.31. The van der Waals surface area contributed by atoms with Crippen LogP contribution in [0, 0.1) is 21.6 Å². The van der Waals surface area contributed by atoms with Crippen LogP contribution in [0.5, 0.6) is 5.88 Å². The maximum atomic E-state index is 11.5. The largest absolute Gasteiger partial charge is 0.472 e. The average Bonchev–Trinajstić information content (AvgIpc) is 2.61. The van der Waals surface area contributed by atoms with Gasteiger partial charge in [0.05, 0.1) is 22.1 Å². The number of nitrogens with one attached hydrogen (secondary N) is 1. The monoisotopic (exact) mass is 366 g/mol. The van der Waals surface area contributed by atoms with Gasteiger partial charge in [-0.1, -0.05) is 0 Å². The third-order valence-electron chi connectivity index (χ3n) is 3.52. The van der Waals surface area contributed by atoms with Crippen LogP contribution in [0.15, 0.2) is 41.5 Å². The summed E-state index contributed by atoms with van der Waals surface area (Å²) >= 11 is 0. The second-order valence-electron chi connectivity index (χ2n) is 5.81. The molecule has 0 aliphatic rings. The second-order valence-corrected chi connectivity index (χ2v) is 5.81. The zero-order valence-corrected chi connectivity index (χ0v) is 14.4. The third kappa shape index (κ3) is 3.67. The van der Waals surface area contributed by atoms with Gasteiger partial charge in [0.25, 0.3) is 11.6 Å². The molecule has 3 rings (SSSR count). The lowest BCUT2D eigenvalue weighted by Gasteiger charge is -2.13. The van der Waals surface area contributed by atoms with E-state index in [9.17, 15) is 14.9 Å². The lowest BCUT2D eigenvalue weighted by atomic mass is 10.2. The van der Waals surface area contributed by atoms with Crippen molar-refractivity contribution in [2.24, 2.45) is 0 Å². The van der Waals surface area contributed by atoms with Gasteiger partial charge in [0.2, 0.25) is 5.82 Å². The quantitative estimate of drug-likeness (QED) is 0.314. The number of hydrogen-bond donors (Lipinski definition) is 1. The first kappa shape index (κ1) is 17.8. The maximum Gasteiger partial charge on any atom is 0.295 e. The molecular formula is C17H14N6O4. The number of fused-ring (bicyclic) bond motifs is 1. The van der Waals surface area contributed by atoms with Crippen molar-refractivity contribution in [2.45, 2.75) is 20.0 Å². The van der Waals surface area contributed by atoms with Crippen molar-refractivity contribution in [3.8, 4) is 17.8 Å². The molecule has 1 N–H and O–H groups in total. The molecular weight excluding hydrogens is 352 g/mol. The number of nitro groups is 1. The molecule has 0 bridgehead atoms. The highest BCUT2D eigenvalue weighted by Gasteiger charge is 2.20. The van der Waals surface area contributed by atoms with E-state index >= 15 is 0 Å². The molecule has 0 saturated carbocycles. The van der Waals surface area contributed by atoms with Gasteiger partial charge in [0.15, 0.2) is 11.6 Å². The molecule has 136 valence electrons. The van der Waals surface area contributed by atoms with Gasteiger partial charge in [-0.15, -0.1) is 0 Å². The van der Waals surface area contributed by atoms with Gasteiger partial charge in [-0.2, -0.15) is 5.26 Å². The topological polar surface area (TPSA) is 136 Å². The summed E-state index contributed by atoms with van der Waals surface area (Å²) in [7, 11) is 0. The van der Waals surface area contributed by atoms with Gasteiger partial charge >= 0.3 is 0 Å². The SMILES string of the molecule is CC(C)Oc1nc2cc([N+](=O)[O-])c(-n3ccc(=O)cc3)cc2nc1NC#N. The summed E-state index contributed by atoms with van der Waals surface area (Å²) in [5, 5.41) is 22.9. The van der Waals surface area contributed by atoms with Crippen LogP contribution in [-0.4, -0.2) is 25.6 Å². The number of rotatable bonds is 5. The fraction of sp³-hybridized carbons (Fsp3) is 0.176. The Bertz CT molecular complexity index is 1110. The first-order valence-electron chi connectivity index (χ1n) is 7.89. The van der Waals surface area contributed by atoms with Crippen LogP contribution in [0.4, 0.5) is 11.5 Å². The standard InChI is InChI=1S/C17H14N6O4/c1-10(2)27-17-16(19-9-18)20-12-7-14(22-5-3-11(24)4-6-22)15(23(25)26)8-13(12)21-17/h3-8,10H,1-2H3,(H,19,20). The van der Waals surface area contributed by atoms with Gasteiger partial charge < -0.3 is 9.30 Å². The van der Waals surface area contributed by atoms with Crippen molar-refractivity contribution in [1.82, 2.24) is 14.5 Å². The molecule has 0 radical (unpaired) electrons. The third-order valence-corrected chi connectivity index (χ3v) is 3.52. The number of pyridine rings is 1. The van der Waals surface area contributed by atoms with Crippen LogP contribution >= 0.6 is 0 Å². The van der Waals surface area contributed by atoms with Gasteiger partial charge in [-0.05, 0) is 19.9 Å². The Hall–Kier alpha value is -4.00. The molecule has 0 unspecified atom stereocenters. The number of ether oxygens (including phenoxy) is 1. The summed E-state index contributed by atoms with van der Waals surface area (Å²) in [6.45, 7) is 3.56. The summed E-state index contributed by atoms with van der Waals surface area (Å²) < 4.78 is 6.98. The van der Waals surface area contributed by atoms with E-state index in [4.69, 9.17) is 10.00 Å². The lowest BCUT2D eigenvalue weighted by Crippen LogP contribution is -2.10. The fourth-order valence-corrected chi connectivity index (χ4v) is 2.43. The first-order valence-corrected chi connectivity index (χ1v) is 7.89. The van der Waals surface area contributed by atoms with Crippen LogP contribution in [0.1, 0.15) is 13.8 Å². The molecule has 0 saturated heterocycles. The van der Waals surface area contributed by atoms with Crippen LogP contribution in [0.2, 0.25) is 0 Å². The molecule has 0 aliphatic heterocycles. The fourth-order valence-electron chi connectivity index (χ4n) is 2.43. The predicted octanol–water partition coefficient (Wildman–Crippen LogP) is 2.37. The van der Waals surface area contributed by atoms with E-state index in [0.29, 0.717) is 5.52 Å². The van der Waals surface area contributed by atoms with E-state index in [1.54, 1.807) is 20.0 Å². The molecule has 0 spiro atoms. The van der Waals surface area contributed by atoms with Crippen molar-refractivity contribution in [2.75, 3.05) is 5.32 Å². The van der Waals surface area contributed by atoms with Crippen LogP contribution < -0.4 is 15.5 Å². The van der Waals surface area contributed by atoms with Gasteiger partial charge in [0.1, 0.15) is 5.69 Å². The van der Waals surface area contributed by atoms with E-state index in [2.05, 4.69) is 15.3 Å². The molecule has 2 heterocycles. The molecule has 2 aromatic heterocycles. The average molecular weight is 366 g/mol. The molecule has 3 aromatic rings. The number of nitriles is 1. The zero-order valence-electron chi connectivity index (χ0n) is 14.4. The summed E-state index contributed by atoms with van der Waals surface area (Å²) in [6, 6.07) is 5.33. The highest BCUT2D eigenvalue weighted by atomic mass is 16.6. The number of anilines is 1. The Morgan fingerprint density at radius 3 is 2.52 bits per heavy atom. The molecule has 0 atom stereocenters. The van der Waals surface area contributed by atoms with Crippen LogP contribution in [0.25, 0.3) is 16.7 Å². The smallest absolute Gasteiger partial charge is 0.295 e. The number of hydrogen-bond acceptors (Lipinski definition) is 8. The van der Waals surface area contributed by atoms with Gasteiger partial charge in [0, 0.05) is 30.6 Å². The Morgan fingerprint density at radius 2 is 1.93 bits per heavy atom. The molecule has 10 nitrogen and oxygen atoms in total. The molecule has 1 aromatic carbocycles. The number of nitro benzene ring substituents is 1. The molecule has 0 amide bonds. The van der Waals surface area contributed by atoms with Gasteiger partial charge in [-0.25, -0.2) is 9.97 Å². The summed E-state index contributed by atoms with van der Waals surface area (Å²) in [5.41, 5.74) is 0.346. The van der Waals surface area contributed by atoms with E-state index in [-0.39, 0.29) is 40.1 Å². The molecule has 0 fully saturated rings. The second kappa shape index (κ2) is 7.09. The van der Waals surface area contributed by atoms with E-state index in [1.165, 1.54) is 41.2 Å². The van der Waals surface area contributed by atoms with Crippen LogP contribution in [-0.2, 0) is 0 Å². The highest BCUT2D eigenvalue weighted by molar-refractivity contribution is 5.84. The minimum atomic E-state index is -0.543. The first-order chi connectivity index (χ1) is 12.9. The zero-order chi connectivity index (χ0) is 19.6. The molecule has 0 aliphatic carbocycles. The summed E-state index contributed by atoms with van der Waals surface area (Å²) in [6.07, 6.45) is 4.38. The number of benzene rings is 1. The summed E-state index contributed by atoms with van der Waals surface area (Å²) in [4.78, 5) is 30.9. The number of nitrogens with zero attached hydrogens (tertiary/aromatic N) is 5. The molecule has 27 heavy (non-hydrogen) atoms. The van der Waals surface area contributed by atoms with Crippen molar-refractivity contribution in [3.05, 3.63) is 57.0 Å². The van der Waals surface area contributed by atoms with E-state index < -0.39 is 4.92 Å². The molecule has 10 heteroatoms. The minimum absolute atomic E-state index is 0.0736. The Labute approximate surface area is 152 Å². The normalized spacial score (nSPS) is 10.6. The van der Waals surface area contributed by atoms with Crippen LogP contribution in [0.3, 0.4) is 0 Å². The van der Waals surface area contributed by atoms with Gasteiger partial charge in [-0.3, -0.25) is 20.2 Å². The van der Waals surface area contributed by atoms with E-state index in [1.807, 2.05) is 0 Å². The number of aromatic nitrogens is 3. The summed E-state index contributed by atoms with van der Waals surface area (Å²) in [5.74, 6) is 0.183. The van der Waals surface area contributed by atoms with Crippen molar-refractivity contribution in [3.63, 3.8) is 0 Å². The van der Waals surface area contributed by atoms with Crippen molar-refractivity contribution in [1.29, 1.82) is 5.26 Å². The predicted molar refractivity (Wildman–Crippen MR) is 96.8 cm³/mol. The Kier molecular flexibility index (Phi) is 4.68.